The number of hydrogen-bond acceptors (Lipinski definition) is 2. The molecule has 0 saturated carbocycles. The summed E-state index contributed by atoms with van der Waals surface area (Å²) in [5.74, 6) is 0.625. The SMILES string of the molecule is CCNC(c1ccc(Cl)c(OC)c1)c1c(Cl)cccc1Cl. The van der Waals surface area contributed by atoms with Crippen molar-refractivity contribution < 1.29 is 4.74 Å². The molecular formula is C16H16Cl3NO. The molecule has 112 valence electrons. The Morgan fingerprint density at radius 1 is 1.05 bits per heavy atom. The van der Waals surface area contributed by atoms with Crippen LogP contribution in [0, 0.1) is 0 Å². The first kappa shape index (κ1) is 16.4. The number of hydrogen-bond donors (Lipinski definition) is 1. The van der Waals surface area contributed by atoms with Crippen molar-refractivity contribution >= 4 is 34.8 Å². The Hall–Kier alpha value is -0.930. The van der Waals surface area contributed by atoms with Crippen LogP contribution in [0.5, 0.6) is 5.75 Å². The average molecular weight is 345 g/mol. The van der Waals surface area contributed by atoms with Crippen molar-refractivity contribution in [3.63, 3.8) is 0 Å². The van der Waals surface area contributed by atoms with E-state index in [1.54, 1.807) is 7.11 Å². The van der Waals surface area contributed by atoms with E-state index in [0.29, 0.717) is 20.8 Å². The molecule has 5 heteroatoms. The summed E-state index contributed by atoms with van der Waals surface area (Å²) >= 11 is 18.8. The highest BCUT2D eigenvalue weighted by atomic mass is 35.5. The molecule has 1 unspecified atom stereocenters. The number of methoxy groups -OCH3 is 1. The third-order valence-corrected chi connectivity index (χ3v) is 4.18. The molecule has 0 amide bonds. The quantitative estimate of drug-likeness (QED) is 0.789. The Balaban J connectivity index is 2.53. The minimum absolute atomic E-state index is 0.123. The molecule has 0 bridgehead atoms. The molecule has 21 heavy (non-hydrogen) atoms. The summed E-state index contributed by atoms with van der Waals surface area (Å²) < 4.78 is 5.28. The van der Waals surface area contributed by atoms with Gasteiger partial charge in [-0.15, -0.1) is 0 Å². The number of benzene rings is 2. The Bertz CT molecular complexity index is 611. The van der Waals surface area contributed by atoms with Gasteiger partial charge >= 0.3 is 0 Å². The van der Waals surface area contributed by atoms with Gasteiger partial charge in [0.05, 0.1) is 18.2 Å². The number of rotatable bonds is 5. The molecular weight excluding hydrogens is 329 g/mol. The van der Waals surface area contributed by atoms with Gasteiger partial charge in [-0.2, -0.15) is 0 Å². The van der Waals surface area contributed by atoms with Crippen molar-refractivity contribution in [2.75, 3.05) is 13.7 Å². The lowest BCUT2D eigenvalue weighted by Gasteiger charge is -2.22. The van der Waals surface area contributed by atoms with Gasteiger partial charge in [-0.05, 0) is 36.4 Å². The molecule has 2 aromatic rings. The van der Waals surface area contributed by atoms with Crippen LogP contribution in [0.25, 0.3) is 0 Å². The second kappa shape index (κ2) is 7.37. The van der Waals surface area contributed by atoms with E-state index in [0.717, 1.165) is 17.7 Å². The van der Waals surface area contributed by atoms with E-state index in [4.69, 9.17) is 39.5 Å². The Morgan fingerprint density at radius 3 is 2.29 bits per heavy atom. The van der Waals surface area contributed by atoms with Crippen LogP contribution in [0.1, 0.15) is 24.1 Å². The number of ether oxygens (including phenoxy) is 1. The maximum atomic E-state index is 6.33. The van der Waals surface area contributed by atoms with Gasteiger partial charge in [0, 0.05) is 15.6 Å². The van der Waals surface area contributed by atoms with Crippen LogP contribution in [-0.2, 0) is 0 Å². The van der Waals surface area contributed by atoms with E-state index in [9.17, 15) is 0 Å². The maximum Gasteiger partial charge on any atom is 0.137 e. The summed E-state index contributed by atoms with van der Waals surface area (Å²) in [6.45, 7) is 2.81. The fraction of sp³-hybridized carbons (Fsp3) is 0.250. The highest BCUT2D eigenvalue weighted by Gasteiger charge is 2.20. The first-order valence-corrected chi connectivity index (χ1v) is 7.72. The van der Waals surface area contributed by atoms with Gasteiger partial charge in [0.25, 0.3) is 0 Å². The Morgan fingerprint density at radius 2 is 1.71 bits per heavy atom. The third kappa shape index (κ3) is 3.64. The van der Waals surface area contributed by atoms with Crippen molar-refractivity contribution in [3.05, 3.63) is 62.6 Å². The molecule has 0 aromatic heterocycles. The van der Waals surface area contributed by atoms with Crippen molar-refractivity contribution in [3.8, 4) is 5.75 Å². The van der Waals surface area contributed by atoms with E-state index >= 15 is 0 Å². The molecule has 1 atom stereocenters. The van der Waals surface area contributed by atoms with Crippen LogP contribution in [0.15, 0.2) is 36.4 Å². The maximum absolute atomic E-state index is 6.33. The van der Waals surface area contributed by atoms with E-state index in [2.05, 4.69) is 5.32 Å². The smallest absolute Gasteiger partial charge is 0.137 e. The molecule has 0 radical (unpaired) electrons. The largest absolute Gasteiger partial charge is 0.495 e. The molecule has 0 spiro atoms. The number of halogens is 3. The zero-order chi connectivity index (χ0) is 15.4. The van der Waals surface area contributed by atoms with Crippen molar-refractivity contribution in [2.45, 2.75) is 13.0 Å². The van der Waals surface area contributed by atoms with Crippen LogP contribution < -0.4 is 10.1 Å². The summed E-state index contributed by atoms with van der Waals surface area (Å²) in [6.07, 6.45) is 0. The molecule has 2 aromatic carbocycles. The minimum atomic E-state index is -0.123. The third-order valence-electron chi connectivity index (χ3n) is 3.21. The number of nitrogens with one attached hydrogen (secondary N) is 1. The standard InChI is InChI=1S/C16H16Cl3NO/c1-3-20-16(15-12(18)5-4-6-13(15)19)10-7-8-11(17)14(9-10)21-2/h4-9,16,20H,3H2,1-2H3. The normalized spacial score (nSPS) is 12.2. The van der Waals surface area contributed by atoms with Gasteiger partial charge in [0.1, 0.15) is 5.75 Å². The minimum Gasteiger partial charge on any atom is -0.495 e. The molecule has 0 saturated heterocycles. The molecule has 0 aliphatic carbocycles. The van der Waals surface area contributed by atoms with E-state index in [-0.39, 0.29) is 6.04 Å². The second-order valence-electron chi connectivity index (χ2n) is 4.52. The van der Waals surface area contributed by atoms with Gasteiger partial charge in [-0.25, -0.2) is 0 Å². The zero-order valence-electron chi connectivity index (χ0n) is 11.8. The molecule has 2 rings (SSSR count). The van der Waals surface area contributed by atoms with Gasteiger partial charge in [0.15, 0.2) is 0 Å². The first-order chi connectivity index (χ1) is 10.1. The van der Waals surface area contributed by atoms with Gasteiger partial charge in [-0.1, -0.05) is 53.9 Å². The van der Waals surface area contributed by atoms with Crippen LogP contribution in [0.2, 0.25) is 15.1 Å². The highest BCUT2D eigenvalue weighted by Crippen LogP contribution is 2.36. The van der Waals surface area contributed by atoms with Crippen LogP contribution in [-0.4, -0.2) is 13.7 Å². The second-order valence-corrected chi connectivity index (χ2v) is 5.74. The molecule has 0 aliphatic heterocycles. The van der Waals surface area contributed by atoms with Crippen LogP contribution in [0.3, 0.4) is 0 Å². The first-order valence-electron chi connectivity index (χ1n) is 6.59. The van der Waals surface area contributed by atoms with Gasteiger partial charge in [-0.3, -0.25) is 0 Å². The summed E-state index contributed by atoms with van der Waals surface area (Å²) in [6, 6.07) is 11.0. The van der Waals surface area contributed by atoms with Crippen molar-refractivity contribution in [2.24, 2.45) is 0 Å². The molecule has 0 fully saturated rings. The summed E-state index contributed by atoms with van der Waals surface area (Å²) in [7, 11) is 1.59. The van der Waals surface area contributed by atoms with Gasteiger partial charge < -0.3 is 10.1 Å². The monoisotopic (exact) mass is 343 g/mol. The molecule has 2 nitrogen and oxygen atoms in total. The highest BCUT2D eigenvalue weighted by molar-refractivity contribution is 6.36. The van der Waals surface area contributed by atoms with E-state index in [1.165, 1.54) is 0 Å². The lowest BCUT2D eigenvalue weighted by Crippen LogP contribution is -2.22. The summed E-state index contributed by atoms with van der Waals surface area (Å²) in [5, 5.41) is 5.23. The predicted octanol–water partition coefficient (Wildman–Crippen LogP) is 5.35. The summed E-state index contributed by atoms with van der Waals surface area (Å²) in [5.41, 5.74) is 1.85. The lowest BCUT2D eigenvalue weighted by molar-refractivity contribution is 0.414. The Kier molecular flexibility index (Phi) is 5.77. The van der Waals surface area contributed by atoms with Crippen molar-refractivity contribution in [1.29, 1.82) is 0 Å². The zero-order valence-corrected chi connectivity index (χ0v) is 14.1. The predicted molar refractivity (Wildman–Crippen MR) is 90.0 cm³/mol. The fourth-order valence-electron chi connectivity index (χ4n) is 2.23. The van der Waals surface area contributed by atoms with Gasteiger partial charge in [0.2, 0.25) is 0 Å². The summed E-state index contributed by atoms with van der Waals surface area (Å²) in [4.78, 5) is 0. The molecule has 0 aliphatic rings. The van der Waals surface area contributed by atoms with E-state index in [1.807, 2.05) is 43.3 Å². The lowest BCUT2D eigenvalue weighted by atomic mass is 9.98. The van der Waals surface area contributed by atoms with E-state index < -0.39 is 0 Å². The van der Waals surface area contributed by atoms with Crippen LogP contribution >= 0.6 is 34.8 Å². The molecule has 1 N–H and O–H groups in total. The Labute approximate surface area is 140 Å². The fourth-order valence-corrected chi connectivity index (χ4v) is 3.04. The van der Waals surface area contributed by atoms with Crippen LogP contribution in [0.4, 0.5) is 0 Å². The van der Waals surface area contributed by atoms with Crippen molar-refractivity contribution in [1.82, 2.24) is 5.32 Å². The topological polar surface area (TPSA) is 21.3 Å². The molecule has 0 heterocycles. The average Bonchev–Trinajstić information content (AvgIpc) is 2.47.